The Balaban J connectivity index is 2.65. The van der Waals surface area contributed by atoms with Crippen LogP contribution in [0.1, 0.15) is 30.6 Å². The van der Waals surface area contributed by atoms with Gasteiger partial charge in [-0.05, 0) is 24.9 Å². The molecule has 0 aromatic carbocycles. The van der Waals surface area contributed by atoms with E-state index in [0.29, 0.717) is 5.56 Å². The Kier molecular flexibility index (Phi) is 3.83. The summed E-state index contributed by atoms with van der Waals surface area (Å²) in [5.41, 5.74) is 0.426. The highest BCUT2D eigenvalue weighted by Gasteiger charge is 2.08. The van der Waals surface area contributed by atoms with Crippen molar-refractivity contribution >= 4 is 17.5 Å². The lowest BCUT2D eigenvalue weighted by atomic mass is 10.2. The molecule has 5 heteroatoms. The number of carbonyl (C=O) groups is 1. The number of nitrogens with one attached hydrogen (secondary N) is 1. The number of hydrogen-bond donors (Lipinski definition) is 1. The second-order valence-corrected chi connectivity index (χ2v) is 3.36. The maximum absolute atomic E-state index is 11.5. The van der Waals surface area contributed by atoms with Crippen molar-refractivity contribution in [1.82, 2.24) is 15.3 Å². The topological polar surface area (TPSA) is 54.9 Å². The maximum atomic E-state index is 11.5. The van der Waals surface area contributed by atoms with Gasteiger partial charge in [0, 0.05) is 18.4 Å². The molecular weight excluding hydrogens is 202 g/mol. The molecular formula is C9H12ClN3O. The van der Waals surface area contributed by atoms with Crippen molar-refractivity contribution in [3.05, 3.63) is 23.2 Å². The summed E-state index contributed by atoms with van der Waals surface area (Å²) in [6.45, 7) is 3.94. The minimum Gasteiger partial charge on any atom is -0.350 e. The van der Waals surface area contributed by atoms with Gasteiger partial charge in [0.1, 0.15) is 0 Å². The highest BCUT2D eigenvalue weighted by molar-refractivity contribution is 6.28. The number of amides is 1. The van der Waals surface area contributed by atoms with Gasteiger partial charge in [-0.3, -0.25) is 4.79 Å². The summed E-state index contributed by atoms with van der Waals surface area (Å²) in [5, 5.41) is 2.95. The fourth-order valence-corrected chi connectivity index (χ4v) is 0.936. The number of nitrogens with zero attached hydrogens (tertiary/aromatic N) is 2. The van der Waals surface area contributed by atoms with Gasteiger partial charge in [-0.2, -0.15) is 0 Å². The van der Waals surface area contributed by atoms with Crippen LogP contribution in [0.5, 0.6) is 0 Å². The van der Waals surface area contributed by atoms with Crippen LogP contribution in [0.25, 0.3) is 0 Å². The van der Waals surface area contributed by atoms with Crippen LogP contribution in [0.15, 0.2) is 12.4 Å². The lowest BCUT2D eigenvalue weighted by Crippen LogP contribution is -2.32. The molecule has 0 saturated carbocycles. The van der Waals surface area contributed by atoms with E-state index in [1.807, 2.05) is 13.8 Å². The first-order valence-corrected chi connectivity index (χ1v) is 4.79. The Labute approximate surface area is 87.7 Å². The Morgan fingerprint density at radius 2 is 2.14 bits per heavy atom. The van der Waals surface area contributed by atoms with Gasteiger partial charge in [-0.25, -0.2) is 9.97 Å². The second kappa shape index (κ2) is 4.91. The van der Waals surface area contributed by atoms with Crippen molar-refractivity contribution in [2.45, 2.75) is 26.3 Å². The molecule has 1 rings (SSSR count). The molecule has 0 bridgehead atoms. The average Bonchev–Trinajstić information content (AvgIpc) is 2.18. The molecule has 0 aliphatic heterocycles. The summed E-state index contributed by atoms with van der Waals surface area (Å²) in [5.74, 6) is -0.170. The molecule has 1 aromatic heterocycles. The van der Waals surface area contributed by atoms with Gasteiger partial charge in [0.25, 0.3) is 5.91 Å². The zero-order valence-corrected chi connectivity index (χ0v) is 8.88. The number of halogens is 1. The predicted molar refractivity (Wildman–Crippen MR) is 54.3 cm³/mol. The van der Waals surface area contributed by atoms with E-state index in [-0.39, 0.29) is 17.2 Å². The van der Waals surface area contributed by atoms with E-state index in [4.69, 9.17) is 11.6 Å². The lowest BCUT2D eigenvalue weighted by Gasteiger charge is -2.10. The van der Waals surface area contributed by atoms with E-state index in [2.05, 4.69) is 15.3 Å². The minimum atomic E-state index is -0.170. The van der Waals surface area contributed by atoms with Gasteiger partial charge in [0.05, 0.1) is 5.56 Å². The normalized spacial score (nSPS) is 12.2. The van der Waals surface area contributed by atoms with E-state index in [1.54, 1.807) is 0 Å². The summed E-state index contributed by atoms with van der Waals surface area (Å²) in [7, 11) is 0. The number of carbonyl (C=O) groups excluding carboxylic acids is 1. The van der Waals surface area contributed by atoms with Crippen LogP contribution in [0.4, 0.5) is 0 Å². The number of aromatic nitrogens is 2. The van der Waals surface area contributed by atoms with Crippen molar-refractivity contribution in [3.63, 3.8) is 0 Å². The van der Waals surface area contributed by atoms with Crippen LogP contribution >= 0.6 is 11.6 Å². The average molecular weight is 214 g/mol. The molecule has 0 fully saturated rings. The molecule has 0 aliphatic carbocycles. The number of hydrogen-bond acceptors (Lipinski definition) is 3. The summed E-state index contributed by atoms with van der Waals surface area (Å²) < 4.78 is 0. The predicted octanol–water partition coefficient (Wildman–Crippen LogP) is 1.66. The van der Waals surface area contributed by atoms with E-state index < -0.39 is 0 Å². The van der Waals surface area contributed by atoms with Gasteiger partial charge in [-0.15, -0.1) is 0 Å². The molecule has 14 heavy (non-hydrogen) atoms. The maximum Gasteiger partial charge on any atom is 0.254 e. The molecule has 1 atom stereocenters. The zero-order chi connectivity index (χ0) is 10.6. The van der Waals surface area contributed by atoms with Crippen molar-refractivity contribution < 1.29 is 4.79 Å². The first-order chi connectivity index (χ1) is 6.63. The summed E-state index contributed by atoms with van der Waals surface area (Å²) in [6, 6.07) is 0.151. The zero-order valence-electron chi connectivity index (χ0n) is 8.12. The van der Waals surface area contributed by atoms with Crippen molar-refractivity contribution in [2.75, 3.05) is 0 Å². The van der Waals surface area contributed by atoms with Gasteiger partial charge >= 0.3 is 0 Å². The largest absolute Gasteiger partial charge is 0.350 e. The molecule has 4 nitrogen and oxygen atoms in total. The molecule has 1 N–H and O–H groups in total. The monoisotopic (exact) mass is 213 g/mol. The molecule has 0 saturated heterocycles. The summed E-state index contributed by atoms with van der Waals surface area (Å²) in [6.07, 6.45) is 3.71. The quantitative estimate of drug-likeness (QED) is 0.777. The first-order valence-electron chi connectivity index (χ1n) is 4.42. The van der Waals surface area contributed by atoms with Crippen LogP contribution in [0.2, 0.25) is 5.28 Å². The molecule has 1 heterocycles. The van der Waals surface area contributed by atoms with E-state index in [0.717, 1.165) is 6.42 Å². The van der Waals surface area contributed by atoms with Crippen LogP contribution in [0, 0.1) is 0 Å². The third kappa shape index (κ3) is 2.96. The molecule has 0 spiro atoms. The Hall–Kier alpha value is -1.16. The SMILES string of the molecule is CCC(C)NC(=O)c1cnc(Cl)nc1. The van der Waals surface area contributed by atoms with Crippen molar-refractivity contribution in [2.24, 2.45) is 0 Å². The van der Waals surface area contributed by atoms with Crippen LogP contribution in [-0.2, 0) is 0 Å². The van der Waals surface area contributed by atoms with E-state index in [1.165, 1.54) is 12.4 Å². The van der Waals surface area contributed by atoms with E-state index in [9.17, 15) is 4.79 Å². The third-order valence-electron chi connectivity index (χ3n) is 1.87. The molecule has 1 aromatic rings. The van der Waals surface area contributed by atoms with Gasteiger partial charge in [0.2, 0.25) is 5.28 Å². The van der Waals surface area contributed by atoms with Crippen LogP contribution in [0.3, 0.4) is 0 Å². The molecule has 0 aliphatic rings. The Morgan fingerprint density at radius 1 is 1.57 bits per heavy atom. The highest BCUT2D eigenvalue weighted by Crippen LogP contribution is 2.01. The second-order valence-electron chi connectivity index (χ2n) is 3.02. The van der Waals surface area contributed by atoms with E-state index >= 15 is 0 Å². The Morgan fingerprint density at radius 3 is 2.64 bits per heavy atom. The first kappa shape index (κ1) is 10.9. The minimum absolute atomic E-state index is 0.144. The van der Waals surface area contributed by atoms with Crippen LogP contribution < -0.4 is 5.32 Å². The fraction of sp³-hybridized carbons (Fsp3) is 0.444. The molecule has 76 valence electrons. The number of rotatable bonds is 3. The molecule has 0 radical (unpaired) electrons. The standard InChI is InChI=1S/C9H12ClN3O/c1-3-6(2)13-8(14)7-4-11-9(10)12-5-7/h4-6H,3H2,1-2H3,(H,13,14). The molecule has 1 amide bonds. The highest BCUT2D eigenvalue weighted by atomic mass is 35.5. The van der Waals surface area contributed by atoms with Crippen molar-refractivity contribution in [1.29, 1.82) is 0 Å². The smallest absolute Gasteiger partial charge is 0.254 e. The van der Waals surface area contributed by atoms with Crippen molar-refractivity contribution in [3.8, 4) is 0 Å². The summed E-state index contributed by atoms with van der Waals surface area (Å²) in [4.78, 5) is 18.9. The fourth-order valence-electron chi connectivity index (χ4n) is 0.839. The third-order valence-corrected chi connectivity index (χ3v) is 2.07. The van der Waals surface area contributed by atoms with Crippen LogP contribution in [-0.4, -0.2) is 21.9 Å². The Bertz CT molecular complexity index is 312. The van der Waals surface area contributed by atoms with Gasteiger partial charge in [0.15, 0.2) is 0 Å². The van der Waals surface area contributed by atoms with Gasteiger partial charge in [-0.1, -0.05) is 6.92 Å². The summed E-state index contributed by atoms with van der Waals surface area (Å²) >= 11 is 5.50. The lowest BCUT2D eigenvalue weighted by molar-refractivity contribution is 0.0938. The molecule has 1 unspecified atom stereocenters. The van der Waals surface area contributed by atoms with Gasteiger partial charge < -0.3 is 5.32 Å².